The summed E-state index contributed by atoms with van der Waals surface area (Å²) in [4.78, 5) is 14.8. The minimum Gasteiger partial charge on any atom is -0.465 e. The van der Waals surface area contributed by atoms with E-state index in [2.05, 4.69) is 24.2 Å². The lowest BCUT2D eigenvalue weighted by Gasteiger charge is -2.44. The molecule has 2 atom stereocenters. The van der Waals surface area contributed by atoms with Gasteiger partial charge in [0.1, 0.15) is 5.54 Å². The maximum atomic E-state index is 12.3. The van der Waals surface area contributed by atoms with E-state index in [1.807, 2.05) is 6.92 Å². The average Bonchev–Trinajstić information content (AvgIpc) is 2.60. The van der Waals surface area contributed by atoms with E-state index < -0.39 is 5.54 Å². The monoisotopic (exact) mass is 254 g/mol. The van der Waals surface area contributed by atoms with E-state index >= 15 is 0 Å². The molecule has 2 fully saturated rings. The van der Waals surface area contributed by atoms with Crippen LogP contribution in [-0.2, 0) is 9.53 Å². The number of rotatable bonds is 5. The van der Waals surface area contributed by atoms with Crippen molar-refractivity contribution in [2.75, 3.05) is 20.2 Å². The van der Waals surface area contributed by atoms with Crippen LogP contribution in [0.25, 0.3) is 0 Å². The third-order valence-electron chi connectivity index (χ3n) is 4.53. The van der Waals surface area contributed by atoms with Crippen LogP contribution >= 0.6 is 0 Å². The number of ether oxygens (including phenoxy) is 1. The summed E-state index contributed by atoms with van der Waals surface area (Å²) in [5.74, 6) is -0.0385. The number of piperidine rings is 1. The summed E-state index contributed by atoms with van der Waals surface area (Å²) in [6.45, 7) is 5.38. The van der Waals surface area contributed by atoms with Gasteiger partial charge in [0.15, 0.2) is 0 Å². The molecule has 0 aromatic rings. The molecule has 2 aliphatic heterocycles. The third kappa shape index (κ3) is 2.41. The van der Waals surface area contributed by atoms with Crippen molar-refractivity contribution in [2.24, 2.45) is 0 Å². The molecule has 2 unspecified atom stereocenters. The van der Waals surface area contributed by atoms with Gasteiger partial charge in [-0.05, 0) is 52.6 Å². The predicted molar refractivity (Wildman–Crippen MR) is 71.5 cm³/mol. The second kappa shape index (κ2) is 5.57. The Balaban J connectivity index is 2.13. The summed E-state index contributed by atoms with van der Waals surface area (Å²) in [7, 11) is 2.19. The molecule has 2 rings (SSSR count). The standard InChI is InChI=1S/C14H26N2O2/c1-4-8-15-14(13(17)18-5-2)9-11-6-7-12(10-14)16(11)3/h11-12,15H,4-10H2,1-3H3. The molecule has 104 valence electrons. The topological polar surface area (TPSA) is 41.6 Å². The minimum absolute atomic E-state index is 0.0385. The van der Waals surface area contributed by atoms with Gasteiger partial charge in [-0.3, -0.25) is 4.79 Å². The van der Waals surface area contributed by atoms with Crippen molar-refractivity contribution < 1.29 is 9.53 Å². The Bertz CT molecular complexity index is 292. The van der Waals surface area contributed by atoms with Gasteiger partial charge in [-0.15, -0.1) is 0 Å². The molecule has 0 saturated carbocycles. The van der Waals surface area contributed by atoms with Gasteiger partial charge < -0.3 is 15.0 Å². The molecule has 0 radical (unpaired) electrons. The van der Waals surface area contributed by atoms with Crippen LogP contribution in [0.15, 0.2) is 0 Å². The van der Waals surface area contributed by atoms with Gasteiger partial charge in [-0.2, -0.15) is 0 Å². The number of fused-ring (bicyclic) bond motifs is 2. The van der Waals surface area contributed by atoms with Crippen molar-refractivity contribution in [2.45, 2.75) is 63.6 Å². The molecule has 0 aromatic carbocycles. The quantitative estimate of drug-likeness (QED) is 0.756. The number of hydrogen-bond donors (Lipinski definition) is 1. The lowest BCUT2D eigenvalue weighted by Crippen LogP contribution is -2.61. The Morgan fingerprint density at radius 3 is 2.44 bits per heavy atom. The van der Waals surface area contributed by atoms with Gasteiger partial charge in [0.25, 0.3) is 0 Å². The van der Waals surface area contributed by atoms with Crippen molar-refractivity contribution in [3.05, 3.63) is 0 Å². The van der Waals surface area contributed by atoms with Gasteiger partial charge in [-0.25, -0.2) is 0 Å². The van der Waals surface area contributed by atoms with E-state index in [4.69, 9.17) is 4.74 Å². The second-order valence-electron chi connectivity index (χ2n) is 5.69. The SMILES string of the molecule is CCCNC1(C(=O)OCC)CC2CCC(C1)N2C. The summed E-state index contributed by atoms with van der Waals surface area (Å²) in [5.41, 5.74) is -0.426. The highest BCUT2D eigenvalue weighted by Crippen LogP contribution is 2.40. The Kier molecular flexibility index (Phi) is 4.28. The highest BCUT2D eigenvalue weighted by Gasteiger charge is 2.51. The van der Waals surface area contributed by atoms with Crippen LogP contribution in [0, 0.1) is 0 Å². The Hall–Kier alpha value is -0.610. The van der Waals surface area contributed by atoms with Crippen LogP contribution in [-0.4, -0.2) is 48.7 Å². The number of hydrogen-bond acceptors (Lipinski definition) is 4. The normalized spacial score (nSPS) is 35.7. The molecule has 2 aliphatic rings. The van der Waals surface area contributed by atoms with Gasteiger partial charge in [-0.1, -0.05) is 6.92 Å². The van der Waals surface area contributed by atoms with Crippen molar-refractivity contribution in [1.82, 2.24) is 10.2 Å². The lowest BCUT2D eigenvalue weighted by molar-refractivity contribution is -0.154. The first-order chi connectivity index (χ1) is 8.63. The van der Waals surface area contributed by atoms with E-state index in [0.29, 0.717) is 18.7 Å². The predicted octanol–water partition coefficient (Wildman–Crippen LogP) is 1.54. The molecule has 1 N–H and O–H groups in total. The van der Waals surface area contributed by atoms with Crippen LogP contribution in [0.4, 0.5) is 0 Å². The molecule has 2 bridgehead atoms. The van der Waals surface area contributed by atoms with Gasteiger partial charge >= 0.3 is 5.97 Å². The summed E-state index contributed by atoms with van der Waals surface area (Å²) < 4.78 is 5.32. The van der Waals surface area contributed by atoms with Crippen LogP contribution < -0.4 is 5.32 Å². The second-order valence-corrected chi connectivity index (χ2v) is 5.69. The molecule has 0 amide bonds. The summed E-state index contributed by atoms with van der Waals surface area (Å²) in [6, 6.07) is 1.08. The maximum absolute atomic E-state index is 12.3. The first-order valence-corrected chi connectivity index (χ1v) is 7.27. The maximum Gasteiger partial charge on any atom is 0.326 e. The first-order valence-electron chi connectivity index (χ1n) is 7.27. The van der Waals surface area contributed by atoms with E-state index in [1.54, 1.807) is 0 Å². The molecule has 18 heavy (non-hydrogen) atoms. The largest absolute Gasteiger partial charge is 0.465 e. The number of esters is 1. The number of carbonyl (C=O) groups excluding carboxylic acids is 1. The van der Waals surface area contributed by atoms with Crippen LogP contribution in [0.5, 0.6) is 0 Å². The zero-order valence-corrected chi connectivity index (χ0v) is 11.9. The Labute approximate surface area is 110 Å². The number of nitrogens with one attached hydrogen (secondary N) is 1. The highest BCUT2D eigenvalue weighted by atomic mass is 16.5. The van der Waals surface area contributed by atoms with E-state index in [9.17, 15) is 4.79 Å². The zero-order chi connectivity index (χ0) is 13.2. The van der Waals surface area contributed by atoms with E-state index in [0.717, 1.165) is 25.8 Å². The minimum atomic E-state index is -0.426. The van der Waals surface area contributed by atoms with Crippen molar-refractivity contribution >= 4 is 5.97 Å². The average molecular weight is 254 g/mol. The lowest BCUT2D eigenvalue weighted by atomic mass is 9.82. The van der Waals surface area contributed by atoms with Crippen molar-refractivity contribution in [3.8, 4) is 0 Å². The molecule has 0 aromatic heterocycles. The van der Waals surface area contributed by atoms with Crippen molar-refractivity contribution in [1.29, 1.82) is 0 Å². The molecule has 0 spiro atoms. The molecule has 2 heterocycles. The van der Waals surface area contributed by atoms with Crippen molar-refractivity contribution in [3.63, 3.8) is 0 Å². The Morgan fingerprint density at radius 1 is 1.33 bits per heavy atom. The summed E-state index contributed by atoms with van der Waals surface area (Å²) in [5, 5.41) is 3.49. The molecule has 2 saturated heterocycles. The van der Waals surface area contributed by atoms with Gasteiger partial charge in [0.05, 0.1) is 6.61 Å². The Morgan fingerprint density at radius 2 is 1.94 bits per heavy atom. The van der Waals surface area contributed by atoms with Crippen LogP contribution in [0.2, 0.25) is 0 Å². The van der Waals surface area contributed by atoms with Crippen LogP contribution in [0.3, 0.4) is 0 Å². The fourth-order valence-corrected chi connectivity index (χ4v) is 3.49. The molecule has 0 aliphatic carbocycles. The summed E-state index contributed by atoms with van der Waals surface area (Å²) >= 11 is 0. The summed E-state index contributed by atoms with van der Waals surface area (Å²) in [6.07, 6.45) is 5.29. The van der Waals surface area contributed by atoms with E-state index in [-0.39, 0.29) is 5.97 Å². The number of nitrogens with zero attached hydrogens (tertiary/aromatic N) is 1. The van der Waals surface area contributed by atoms with Gasteiger partial charge in [0.2, 0.25) is 0 Å². The molecular formula is C14H26N2O2. The molecular weight excluding hydrogens is 228 g/mol. The smallest absolute Gasteiger partial charge is 0.326 e. The fourth-order valence-electron chi connectivity index (χ4n) is 3.49. The van der Waals surface area contributed by atoms with Crippen LogP contribution in [0.1, 0.15) is 46.0 Å². The fraction of sp³-hybridized carbons (Fsp3) is 0.929. The zero-order valence-electron chi connectivity index (χ0n) is 11.9. The molecule has 4 heteroatoms. The first kappa shape index (κ1) is 13.8. The third-order valence-corrected chi connectivity index (χ3v) is 4.53. The molecule has 4 nitrogen and oxygen atoms in total. The highest BCUT2D eigenvalue weighted by molar-refractivity contribution is 5.81. The number of carbonyl (C=O) groups is 1. The van der Waals surface area contributed by atoms with Gasteiger partial charge in [0, 0.05) is 12.1 Å². The van der Waals surface area contributed by atoms with E-state index in [1.165, 1.54) is 12.8 Å².